The SMILES string of the molecule is CC(OC(=O)N(C)C)C(C)OC(=O)N(C)C. The van der Waals surface area contributed by atoms with Crippen molar-refractivity contribution in [1.82, 2.24) is 9.80 Å². The van der Waals surface area contributed by atoms with Crippen LogP contribution in [0.3, 0.4) is 0 Å². The van der Waals surface area contributed by atoms with Crippen LogP contribution in [0.2, 0.25) is 0 Å². The number of nitrogens with zero attached hydrogens (tertiary/aromatic N) is 2. The van der Waals surface area contributed by atoms with E-state index in [-0.39, 0.29) is 0 Å². The molecule has 0 aliphatic carbocycles. The Hall–Kier alpha value is -1.46. The number of ether oxygens (including phenoxy) is 2. The van der Waals surface area contributed by atoms with Gasteiger partial charge in [0.05, 0.1) is 0 Å². The Labute approximate surface area is 96.1 Å². The Bertz CT molecular complexity index is 227. The van der Waals surface area contributed by atoms with Gasteiger partial charge in [0.25, 0.3) is 0 Å². The molecule has 94 valence electrons. The Morgan fingerprint density at radius 1 is 0.812 bits per heavy atom. The molecule has 2 amide bonds. The van der Waals surface area contributed by atoms with E-state index in [1.807, 2.05) is 0 Å². The first-order chi connectivity index (χ1) is 7.25. The van der Waals surface area contributed by atoms with Crippen LogP contribution in [0.4, 0.5) is 9.59 Å². The zero-order chi connectivity index (χ0) is 12.9. The van der Waals surface area contributed by atoms with E-state index in [0.717, 1.165) is 0 Å². The predicted molar refractivity (Wildman–Crippen MR) is 59.3 cm³/mol. The van der Waals surface area contributed by atoms with E-state index in [4.69, 9.17) is 9.47 Å². The van der Waals surface area contributed by atoms with E-state index in [1.165, 1.54) is 9.80 Å². The molecule has 2 atom stereocenters. The molecule has 0 aromatic rings. The zero-order valence-corrected chi connectivity index (χ0v) is 10.7. The Morgan fingerprint density at radius 3 is 1.25 bits per heavy atom. The summed E-state index contributed by atoms with van der Waals surface area (Å²) in [6.45, 7) is 3.35. The van der Waals surface area contributed by atoms with Crippen molar-refractivity contribution in [2.45, 2.75) is 26.1 Å². The summed E-state index contributed by atoms with van der Waals surface area (Å²) in [5.41, 5.74) is 0. The van der Waals surface area contributed by atoms with Gasteiger partial charge in [0.1, 0.15) is 12.2 Å². The van der Waals surface area contributed by atoms with Crippen LogP contribution < -0.4 is 0 Å². The van der Waals surface area contributed by atoms with Gasteiger partial charge in [-0.15, -0.1) is 0 Å². The summed E-state index contributed by atoms with van der Waals surface area (Å²) in [7, 11) is 6.36. The Morgan fingerprint density at radius 2 is 1.06 bits per heavy atom. The van der Waals surface area contributed by atoms with Gasteiger partial charge in [-0.1, -0.05) is 0 Å². The molecule has 0 aromatic carbocycles. The monoisotopic (exact) mass is 232 g/mol. The fourth-order valence-electron chi connectivity index (χ4n) is 0.721. The fourth-order valence-corrected chi connectivity index (χ4v) is 0.721. The lowest BCUT2D eigenvalue weighted by Gasteiger charge is -2.23. The lowest BCUT2D eigenvalue weighted by molar-refractivity contribution is -0.00809. The first-order valence-electron chi connectivity index (χ1n) is 5.01. The lowest BCUT2D eigenvalue weighted by Crippen LogP contribution is -2.36. The molecule has 6 nitrogen and oxygen atoms in total. The van der Waals surface area contributed by atoms with Crippen molar-refractivity contribution >= 4 is 12.2 Å². The third kappa shape index (κ3) is 4.86. The first-order valence-corrected chi connectivity index (χ1v) is 5.01. The summed E-state index contributed by atoms with van der Waals surface area (Å²) in [6.07, 6.45) is -1.89. The first kappa shape index (κ1) is 14.5. The average Bonchev–Trinajstić information content (AvgIpc) is 2.16. The molecule has 0 aliphatic rings. The second-order valence-electron chi connectivity index (χ2n) is 3.97. The van der Waals surface area contributed by atoms with E-state index >= 15 is 0 Å². The van der Waals surface area contributed by atoms with Crippen molar-refractivity contribution < 1.29 is 19.1 Å². The molecule has 6 heteroatoms. The molecule has 0 rings (SSSR count). The van der Waals surface area contributed by atoms with Crippen LogP contribution in [0.15, 0.2) is 0 Å². The Balaban J connectivity index is 4.14. The van der Waals surface area contributed by atoms with E-state index < -0.39 is 24.4 Å². The van der Waals surface area contributed by atoms with Gasteiger partial charge < -0.3 is 19.3 Å². The minimum atomic E-state index is -0.487. The maximum atomic E-state index is 11.2. The summed E-state index contributed by atoms with van der Waals surface area (Å²) >= 11 is 0. The Kier molecular flexibility index (Phi) is 5.63. The lowest BCUT2D eigenvalue weighted by atomic mass is 10.2. The molecular formula is C10H20N2O4. The molecule has 0 fully saturated rings. The highest BCUT2D eigenvalue weighted by atomic mass is 16.6. The molecule has 16 heavy (non-hydrogen) atoms. The van der Waals surface area contributed by atoms with Crippen molar-refractivity contribution in [2.24, 2.45) is 0 Å². The van der Waals surface area contributed by atoms with Gasteiger partial charge in [-0.3, -0.25) is 0 Å². The van der Waals surface area contributed by atoms with Gasteiger partial charge in [-0.25, -0.2) is 9.59 Å². The topological polar surface area (TPSA) is 59.1 Å². The second kappa shape index (κ2) is 6.19. The molecule has 0 saturated heterocycles. The minimum absolute atomic E-state index is 0.458. The molecular weight excluding hydrogens is 212 g/mol. The highest BCUT2D eigenvalue weighted by Crippen LogP contribution is 2.06. The van der Waals surface area contributed by atoms with Crippen LogP contribution in [-0.4, -0.2) is 62.4 Å². The largest absolute Gasteiger partial charge is 0.442 e. The van der Waals surface area contributed by atoms with Crippen LogP contribution in [0.25, 0.3) is 0 Å². The van der Waals surface area contributed by atoms with E-state index in [0.29, 0.717) is 0 Å². The summed E-state index contributed by atoms with van der Waals surface area (Å²) in [4.78, 5) is 25.1. The minimum Gasteiger partial charge on any atom is -0.442 e. The normalized spacial score (nSPS) is 13.6. The second-order valence-corrected chi connectivity index (χ2v) is 3.97. The van der Waals surface area contributed by atoms with Crippen LogP contribution in [0.1, 0.15) is 13.8 Å². The summed E-state index contributed by atoms with van der Waals surface area (Å²) in [5, 5.41) is 0. The number of hydrogen-bond donors (Lipinski definition) is 0. The average molecular weight is 232 g/mol. The summed E-state index contributed by atoms with van der Waals surface area (Å²) in [6, 6.07) is 0. The van der Waals surface area contributed by atoms with Crippen molar-refractivity contribution in [1.29, 1.82) is 0 Å². The molecule has 0 bridgehead atoms. The highest BCUT2D eigenvalue weighted by Gasteiger charge is 2.21. The molecule has 0 saturated carbocycles. The van der Waals surface area contributed by atoms with Gasteiger partial charge in [0, 0.05) is 28.2 Å². The van der Waals surface area contributed by atoms with Gasteiger partial charge in [0.2, 0.25) is 0 Å². The van der Waals surface area contributed by atoms with Crippen molar-refractivity contribution in [2.75, 3.05) is 28.2 Å². The predicted octanol–water partition coefficient (Wildman–Crippen LogP) is 1.16. The van der Waals surface area contributed by atoms with E-state index in [1.54, 1.807) is 42.0 Å². The smallest absolute Gasteiger partial charge is 0.409 e. The van der Waals surface area contributed by atoms with Crippen LogP contribution in [0, 0.1) is 0 Å². The quantitative estimate of drug-likeness (QED) is 0.732. The number of rotatable bonds is 3. The van der Waals surface area contributed by atoms with Gasteiger partial charge in [0.15, 0.2) is 0 Å². The summed E-state index contributed by atoms with van der Waals surface area (Å²) in [5.74, 6) is 0. The van der Waals surface area contributed by atoms with Gasteiger partial charge in [-0.2, -0.15) is 0 Å². The van der Waals surface area contributed by atoms with Crippen molar-refractivity contribution in [3.8, 4) is 0 Å². The number of amides is 2. The third-order valence-electron chi connectivity index (χ3n) is 1.96. The number of hydrogen-bond acceptors (Lipinski definition) is 4. The van der Waals surface area contributed by atoms with E-state index in [2.05, 4.69) is 0 Å². The number of carbonyl (C=O) groups is 2. The standard InChI is InChI=1S/C10H20N2O4/c1-7(15-9(13)11(3)4)8(2)16-10(14)12(5)6/h7-8H,1-6H3. The molecule has 0 radical (unpaired) electrons. The maximum absolute atomic E-state index is 11.2. The van der Waals surface area contributed by atoms with Crippen molar-refractivity contribution in [3.05, 3.63) is 0 Å². The molecule has 0 aliphatic heterocycles. The molecule has 0 spiro atoms. The summed E-state index contributed by atoms with van der Waals surface area (Å²) < 4.78 is 10.1. The zero-order valence-electron chi connectivity index (χ0n) is 10.7. The van der Waals surface area contributed by atoms with Crippen LogP contribution in [-0.2, 0) is 9.47 Å². The third-order valence-corrected chi connectivity index (χ3v) is 1.96. The van der Waals surface area contributed by atoms with Gasteiger partial charge >= 0.3 is 12.2 Å². The molecule has 2 unspecified atom stereocenters. The highest BCUT2D eigenvalue weighted by molar-refractivity contribution is 5.68. The number of carbonyl (C=O) groups excluding carboxylic acids is 2. The maximum Gasteiger partial charge on any atom is 0.409 e. The molecule has 0 N–H and O–H groups in total. The molecule has 0 heterocycles. The fraction of sp³-hybridized carbons (Fsp3) is 0.800. The van der Waals surface area contributed by atoms with Gasteiger partial charge in [-0.05, 0) is 13.8 Å². The van der Waals surface area contributed by atoms with Crippen molar-refractivity contribution in [3.63, 3.8) is 0 Å². The van der Waals surface area contributed by atoms with E-state index in [9.17, 15) is 9.59 Å². The molecule has 0 aromatic heterocycles. The van der Waals surface area contributed by atoms with Crippen LogP contribution in [0.5, 0.6) is 0 Å². The van der Waals surface area contributed by atoms with Crippen LogP contribution >= 0.6 is 0 Å².